The molecule has 3 aromatic rings. The van der Waals surface area contributed by atoms with Crippen LogP contribution in [0.5, 0.6) is 0 Å². The first-order chi connectivity index (χ1) is 13.8. The summed E-state index contributed by atoms with van der Waals surface area (Å²) in [7, 11) is 0. The number of aromatic nitrogens is 2. The Labute approximate surface area is 165 Å². The van der Waals surface area contributed by atoms with E-state index in [0.29, 0.717) is 16.6 Å². The number of benzene rings is 1. The molecule has 3 heterocycles. The Balaban J connectivity index is 1.92. The standard InChI is InChI=1S/C22H18FN3O3/c1-4-5-12-10-11-24-18-16(12)25-17-15(19(18)27)20(28)26(21(17)29)22(2,3)13-6-8-14(23)9-7-13/h4-11H,1-3H3,(H,25,27)/b5-4+. The van der Waals surface area contributed by atoms with Crippen LogP contribution in [0.1, 0.15) is 52.7 Å². The van der Waals surface area contributed by atoms with Crippen molar-refractivity contribution in [1.29, 1.82) is 0 Å². The Morgan fingerprint density at radius 1 is 1.07 bits per heavy atom. The normalized spacial score (nSPS) is 14.3. The second-order valence-electron chi connectivity index (χ2n) is 7.34. The van der Waals surface area contributed by atoms with Crippen molar-refractivity contribution in [3.63, 3.8) is 0 Å². The number of amides is 2. The molecule has 1 aliphatic rings. The number of imide groups is 1. The van der Waals surface area contributed by atoms with Crippen LogP contribution >= 0.6 is 0 Å². The molecule has 6 nitrogen and oxygen atoms in total. The van der Waals surface area contributed by atoms with Gasteiger partial charge in [-0.1, -0.05) is 24.3 Å². The van der Waals surface area contributed by atoms with Gasteiger partial charge in [-0.05, 0) is 44.5 Å². The smallest absolute Gasteiger partial charge is 0.278 e. The van der Waals surface area contributed by atoms with Gasteiger partial charge in [0.2, 0.25) is 5.43 Å². The number of hydrogen-bond acceptors (Lipinski definition) is 4. The van der Waals surface area contributed by atoms with Crippen molar-refractivity contribution in [2.24, 2.45) is 0 Å². The number of halogens is 1. The molecule has 2 aromatic heterocycles. The molecule has 0 bridgehead atoms. The van der Waals surface area contributed by atoms with E-state index in [0.717, 1.165) is 4.90 Å². The lowest BCUT2D eigenvalue weighted by Gasteiger charge is -2.34. The highest BCUT2D eigenvalue weighted by molar-refractivity contribution is 6.22. The van der Waals surface area contributed by atoms with Gasteiger partial charge < -0.3 is 4.98 Å². The second kappa shape index (κ2) is 6.48. The molecular weight excluding hydrogens is 373 g/mol. The lowest BCUT2D eigenvalue weighted by molar-refractivity contribution is 0.0473. The molecule has 0 unspecified atom stereocenters. The highest BCUT2D eigenvalue weighted by Crippen LogP contribution is 2.35. The average molecular weight is 391 g/mol. The van der Waals surface area contributed by atoms with E-state index in [4.69, 9.17) is 0 Å². The van der Waals surface area contributed by atoms with E-state index < -0.39 is 28.6 Å². The number of carbonyl (C=O) groups is 2. The highest BCUT2D eigenvalue weighted by Gasteiger charge is 2.47. The molecule has 146 valence electrons. The summed E-state index contributed by atoms with van der Waals surface area (Å²) in [6.45, 7) is 5.19. The van der Waals surface area contributed by atoms with Crippen molar-refractivity contribution in [1.82, 2.24) is 14.9 Å². The van der Waals surface area contributed by atoms with Crippen molar-refractivity contribution >= 4 is 28.9 Å². The minimum Gasteiger partial charge on any atom is -0.348 e. The number of nitrogens with one attached hydrogen (secondary N) is 1. The summed E-state index contributed by atoms with van der Waals surface area (Å²) in [6.07, 6.45) is 5.08. The van der Waals surface area contributed by atoms with E-state index in [1.165, 1.54) is 30.5 Å². The van der Waals surface area contributed by atoms with Crippen molar-refractivity contribution in [2.75, 3.05) is 0 Å². The number of aromatic amines is 1. The van der Waals surface area contributed by atoms with Gasteiger partial charge in [-0.2, -0.15) is 0 Å². The number of hydrogen-bond donors (Lipinski definition) is 1. The minimum atomic E-state index is -1.09. The number of rotatable bonds is 3. The Morgan fingerprint density at radius 3 is 2.41 bits per heavy atom. The van der Waals surface area contributed by atoms with Gasteiger partial charge in [0, 0.05) is 11.8 Å². The van der Waals surface area contributed by atoms with Gasteiger partial charge >= 0.3 is 0 Å². The van der Waals surface area contributed by atoms with Crippen LogP contribution in [-0.2, 0) is 5.54 Å². The van der Waals surface area contributed by atoms with Crippen molar-refractivity contribution in [3.05, 3.63) is 81.0 Å². The first-order valence-electron chi connectivity index (χ1n) is 9.10. The summed E-state index contributed by atoms with van der Waals surface area (Å²) >= 11 is 0. The molecular formula is C22H18FN3O3. The summed E-state index contributed by atoms with van der Waals surface area (Å²) in [5.74, 6) is -1.72. The van der Waals surface area contributed by atoms with Gasteiger partial charge in [-0.25, -0.2) is 4.39 Å². The summed E-state index contributed by atoms with van der Waals surface area (Å²) in [5, 5.41) is 0. The number of carbonyl (C=O) groups excluding carboxylic acids is 2. The third kappa shape index (κ3) is 2.69. The molecule has 0 atom stereocenters. The molecule has 1 N–H and O–H groups in total. The van der Waals surface area contributed by atoms with Gasteiger partial charge in [0.1, 0.15) is 22.6 Å². The summed E-state index contributed by atoms with van der Waals surface area (Å²) in [5.41, 5.74) is -0.196. The maximum atomic E-state index is 13.3. The Morgan fingerprint density at radius 2 is 1.76 bits per heavy atom. The molecule has 4 rings (SSSR count). The highest BCUT2D eigenvalue weighted by atomic mass is 19.1. The van der Waals surface area contributed by atoms with Crippen LogP contribution in [0.15, 0.2) is 47.4 Å². The van der Waals surface area contributed by atoms with E-state index in [1.54, 1.807) is 32.1 Å². The van der Waals surface area contributed by atoms with E-state index in [-0.39, 0.29) is 16.8 Å². The Bertz CT molecular complexity index is 1260. The van der Waals surface area contributed by atoms with Crippen molar-refractivity contribution < 1.29 is 14.0 Å². The molecule has 7 heteroatoms. The van der Waals surface area contributed by atoms with Crippen molar-refractivity contribution in [3.8, 4) is 0 Å². The number of nitrogens with zero attached hydrogens (tertiary/aromatic N) is 2. The van der Waals surface area contributed by atoms with E-state index >= 15 is 0 Å². The summed E-state index contributed by atoms with van der Waals surface area (Å²) in [4.78, 5) is 47.5. The monoisotopic (exact) mass is 391 g/mol. The molecule has 0 aliphatic carbocycles. The minimum absolute atomic E-state index is 0.0542. The van der Waals surface area contributed by atoms with Gasteiger partial charge in [0.05, 0.1) is 11.1 Å². The molecule has 0 fully saturated rings. The lowest BCUT2D eigenvalue weighted by Crippen LogP contribution is -2.45. The quantitative estimate of drug-likeness (QED) is 0.691. The van der Waals surface area contributed by atoms with E-state index in [2.05, 4.69) is 9.97 Å². The van der Waals surface area contributed by atoms with Crippen LogP contribution in [-0.4, -0.2) is 26.7 Å². The predicted molar refractivity (Wildman–Crippen MR) is 107 cm³/mol. The van der Waals surface area contributed by atoms with E-state index in [1.807, 2.05) is 6.92 Å². The Kier molecular flexibility index (Phi) is 4.19. The fourth-order valence-corrected chi connectivity index (χ4v) is 3.69. The molecule has 0 saturated carbocycles. The average Bonchev–Trinajstić information content (AvgIpc) is 2.94. The van der Waals surface area contributed by atoms with Gasteiger partial charge in [-0.3, -0.25) is 24.3 Å². The number of allylic oxidation sites excluding steroid dienone is 1. The van der Waals surface area contributed by atoms with E-state index in [9.17, 15) is 18.8 Å². The molecule has 1 aromatic carbocycles. The first kappa shape index (κ1) is 18.7. The topological polar surface area (TPSA) is 83.1 Å². The predicted octanol–water partition coefficient (Wildman–Crippen LogP) is 3.63. The summed E-state index contributed by atoms with van der Waals surface area (Å²) in [6, 6.07) is 7.28. The van der Waals surface area contributed by atoms with Gasteiger partial charge in [0.15, 0.2) is 0 Å². The molecule has 0 spiro atoms. The van der Waals surface area contributed by atoms with Crippen LogP contribution < -0.4 is 5.43 Å². The van der Waals surface area contributed by atoms with Crippen LogP contribution in [0.3, 0.4) is 0 Å². The maximum absolute atomic E-state index is 13.3. The van der Waals surface area contributed by atoms with Crippen LogP contribution in [0.2, 0.25) is 0 Å². The largest absolute Gasteiger partial charge is 0.348 e. The maximum Gasteiger partial charge on any atom is 0.278 e. The number of pyridine rings is 2. The second-order valence-corrected chi connectivity index (χ2v) is 7.34. The zero-order chi connectivity index (χ0) is 20.9. The summed E-state index contributed by atoms with van der Waals surface area (Å²) < 4.78 is 13.3. The number of H-pyrrole nitrogens is 1. The van der Waals surface area contributed by atoms with Crippen LogP contribution in [0.4, 0.5) is 4.39 Å². The third-order valence-corrected chi connectivity index (χ3v) is 5.22. The Hall–Kier alpha value is -3.61. The van der Waals surface area contributed by atoms with Crippen molar-refractivity contribution in [2.45, 2.75) is 26.3 Å². The molecule has 1 aliphatic heterocycles. The lowest BCUT2D eigenvalue weighted by atomic mass is 9.92. The van der Waals surface area contributed by atoms with Crippen LogP contribution in [0.25, 0.3) is 17.1 Å². The molecule has 2 amide bonds. The molecule has 0 radical (unpaired) electrons. The third-order valence-electron chi connectivity index (χ3n) is 5.22. The fourth-order valence-electron chi connectivity index (χ4n) is 3.69. The molecule has 29 heavy (non-hydrogen) atoms. The first-order valence-corrected chi connectivity index (χ1v) is 9.10. The molecule has 0 saturated heterocycles. The number of fused-ring (bicyclic) bond motifs is 2. The zero-order valence-corrected chi connectivity index (χ0v) is 16.1. The zero-order valence-electron chi connectivity index (χ0n) is 16.1. The SMILES string of the molecule is C/C=C/c1ccnc2c(=O)c3c([nH]c12)C(=O)N(C(C)(C)c1ccc(F)cc1)C3=O. The van der Waals surface area contributed by atoms with Crippen LogP contribution in [0, 0.1) is 5.82 Å². The fraction of sp³-hybridized carbons (Fsp3) is 0.182. The van der Waals surface area contributed by atoms with Gasteiger partial charge in [-0.15, -0.1) is 0 Å². The van der Waals surface area contributed by atoms with Gasteiger partial charge in [0.25, 0.3) is 11.8 Å².